The van der Waals surface area contributed by atoms with Crippen molar-refractivity contribution in [3.63, 3.8) is 0 Å². The molecule has 5 nitrogen and oxygen atoms in total. The van der Waals surface area contributed by atoms with Crippen molar-refractivity contribution in [1.29, 1.82) is 0 Å². The van der Waals surface area contributed by atoms with E-state index in [0.29, 0.717) is 16.8 Å². The SMILES string of the molecule is COC(=O)c1cc(Br)cc(N2CC(CSC(C)=O)CC2=O)c1F. The van der Waals surface area contributed by atoms with Crippen LogP contribution in [0.4, 0.5) is 10.1 Å². The van der Waals surface area contributed by atoms with Crippen molar-refractivity contribution in [2.75, 3.05) is 24.3 Å². The van der Waals surface area contributed by atoms with E-state index in [1.165, 1.54) is 31.1 Å². The molecule has 1 aliphatic heterocycles. The second-order valence-electron chi connectivity index (χ2n) is 5.16. The van der Waals surface area contributed by atoms with Gasteiger partial charge in [0.15, 0.2) is 10.9 Å². The Bertz CT molecular complexity index is 667. The summed E-state index contributed by atoms with van der Waals surface area (Å²) in [4.78, 5) is 36.2. The lowest BCUT2D eigenvalue weighted by Crippen LogP contribution is -2.26. The van der Waals surface area contributed by atoms with E-state index in [-0.39, 0.29) is 34.6 Å². The third-order valence-electron chi connectivity index (χ3n) is 3.44. The molecule has 1 aromatic carbocycles. The summed E-state index contributed by atoms with van der Waals surface area (Å²) in [5, 5.41) is -0.0162. The average molecular weight is 404 g/mol. The molecule has 0 N–H and O–H groups in total. The number of hydrogen-bond donors (Lipinski definition) is 0. The first-order valence-electron chi connectivity index (χ1n) is 6.84. The van der Waals surface area contributed by atoms with E-state index in [1.807, 2.05) is 0 Å². The number of rotatable bonds is 4. The molecule has 1 unspecified atom stereocenters. The van der Waals surface area contributed by atoms with Gasteiger partial charge < -0.3 is 9.64 Å². The predicted molar refractivity (Wildman–Crippen MR) is 89.0 cm³/mol. The van der Waals surface area contributed by atoms with Crippen LogP contribution in [-0.2, 0) is 14.3 Å². The Balaban J connectivity index is 2.28. The summed E-state index contributed by atoms with van der Waals surface area (Å²) < 4.78 is 19.6. The minimum atomic E-state index is -0.805. The maximum Gasteiger partial charge on any atom is 0.340 e. The molecule has 8 heteroatoms. The Morgan fingerprint density at radius 3 is 2.78 bits per heavy atom. The Kier molecular flexibility index (Phi) is 5.80. The zero-order valence-electron chi connectivity index (χ0n) is 12.6. The fourth-order valence-corrected chi connectivity index (χ4v) is 3.53. The molecule has 1 fully saturated rings. The molecule has 1 aliphatic rings. The van der Waals surface area contributed by atoms with Gasteiger partial charge in [-0.15, -0.1) is 0 Å². The van der Waals surface area contributed by atoms with Crippen LogP contribution in [0.5, 0.6) is 0 Å². The highest BCUT2D eigenvalue weighted by molar-refractivity contribution is 9.10. The number of halogens is 2. The van der Waals surface area contributed by atoms with Crippen molar-refractivity contribution in [2.24, 2.45) is 5.92 Å². The van der Waals surface area contributed by atoms with Crippen LogP contribution in [0.3, 0.4) is 0 Å². The number of carbonyl (C=O) groups is 3. The number of anilines is 1. The van der Waals surface area contributed by atoms with E-state index in [1.54, 1.807) is 0 Å². The van der Waals surface area contributed by atoms with Crippen LogP contribution in [0.25, 0.3) is 0 Å². The second kappa shape index (κ2) is 7.44. The number of ether oxygens (including phenoxy) is 1. The molecule has 0 saturated carbocycles. The van der Waals surface area contributed by atoms with Crippen LogP contribution in [-0.4, -0.2) is 36.4 Å². The van der Waals surface area contributed by atoms with Crippen molar-refractivity contribution >= 4 is 50.4 Å². The number of hydrogen-bond acceptors (Lipinski definition) is 5. The standard InChI is InChI=1S/C15H15BrFNO4S/c1-8(19)23-7-9-3-13(20)18(6-9)12-5-10(16)4-11(14(12)17)15(21)22-2/h4-5,9H,3,6-7H2,1-2H3. The van der Waals surface area contributed by atoms with E-state index < -0.39 is 11.8 Å². The Labute approximate surface area is 145 Å². The summed E-state index contributed by atoms with van der Waals surface area (Å²) in [6.45, 7) is 1.78. The highest BCUT2D eigenvalue weighted by Gasteiger charge is 2.33. The smallest absolute Gasteiger partial charge is 0.340 e. The zero-order chi connectivity index (χ0) is 17.1. The Morgan fingerprint density at radius 1 is 1.48 bits per heavy atom. The van der Waals surface area contributed by atoms with Crippen LogP contribution >= 0.6 is 27.7 Å². The number of amides is 1. The molecule has 1 saturated heterocycles. The van der Waals surface area contributed by atoms with Crippen LogP contribution in [0.2, 0.25) is 0 Å². The fraction of sp³-hybridized carbons (Fsp3) is 0.400. The summed E-state index contributed by atoms with van der Waals surface area (Å²) in [7, 11) is 1.17. The number of nitrogens with zero attached hydrogens (tertiary/aromatic N) is 1. The number of methoxy groups -OCH3 is 1. The molecular weight excluding hydrogens is 389 g/mol. The summed E-state index contributed by atoms with van der Waals surface area (Å²) >= 11 is 4.37. The van der Waals surface area contributed by atoms with Crippen molar-refractivity contribution < 1.29 is 23.5 Å². The van der Waals surface area contributed by atoms with Crippen molar-refractivity contribution in [1.82, 2.24) is 0 Å². The molecule has 1 atom stereocenters. The predicted octanol–water partition coefficient (Wildman–Crippen LogP) is 3.01. The van der Waals surface area contributed by atoms with E-state index in [4.69, 9.17) is 0 Å². The highest BCUT2D eigenvalue weighted by atomic mass is 79.9. The summed E-state index contributed by atoms with van der Waals surface area (Å²) in [6.07, 6.45) is 0.250. The number of benzene rings is 1. The summed E-state index contributed by atoms with van der Waals surface area (Å²) in [5.41, 5.74) is -0.189. The molecule has 0 aromatic heterocycles. The minimum absolute atomic E-state index is 0.0162. The number of esters is 1. The average Bonchev–Trinajstić information content (AvgIpc) is 2.87. The van der Waals surface area contributed by atoms with Gasteiger partial charge in [0.2, 0.25) is 5.91 Å². The van der Waals surface area contributed by atoms with Gasteiger partial charge >= 0.3 is 5.97 Å². The van der Waals surface area contributed by atoms with Crippen molar-refractivity contribution in [2.45, 2.75) is 13.3 Å². The summed E-state index contributed by atoms with van der Waals surface area (Å²) in [5.74, 6) is -1.34. The van der Waals surface area contributed by atoms with Crippen LogP contribution in [0.1, 0.15) is 23.7 Å². The van der Waals surface area contributed by atoms with Gasteiger partial charge in [0.05, 0.1) is 18.4 Å². The molecule has 0 aliphatic carbocycles. The topological polar surface area (TPSA) is 63.7 Å². The van der Waals surface area contributed by atoms with Gasteiger partial charge in [0.1, 0.15) is 0 Å². The maximum atomic E-state index is 14.6. The molecule has 1 heterocycles. The van der Waals surface area contributed by atoms with Crippen LogP contribution in [0, 0.1) is 11.7 Å². The number of carbonyl (C=O) groups excluding carboxylic acids is 3. The van der Waals surface area contributed by atoms with Gasteiger partial charge in [-0.3, -0.25) is 9.59 Å². The molecule has 1 amide bonds. The van der Waals surface area contributed by atoms with Crippen molar-refractivity contribution in [3.05, 3.63) is 28.0 Å². The summed E-state index contributed by atoms with van der Waals surface area (Å²) in [6, 6.07) is 2.77. The monoisotopic (exact) mass is 403 g/mol. The minimum Gasteiger partial charge on any atom is -0.465 e. The molecule has 0 radical (unpaired) electrons. The third-order valence-corrected chi connectivity index (χ3v) is 4.94. The molecular formula is C15H15BrFNO4S. The van der Waals surface area contributed by atoms with Crippen LogP contribution < -0.4 is 4.90 Å². The molecule has 124 valence electrons. The van der Waals surface area contributed by atoms with Gasteiger partial charge in [-0.1, -0.05) is 27.7 Å². The lowest BCUT2D eigenvalue weighted by molar-refractivity contribution is -0.117. The Hall–Kier alpha value is -1.41. The van der Waals surface area contributed by atoms with Gasteiger partial charge in [-0.2, -0.15) is 0 Å². The van der Waals surface area contributed by atoms with E-state index >= 15 is 0 Å². The van der Waals surface area contributed by atoms with Gasteiger partial charge in [-0.05, 0) is 18.1 Å². The first kappa shape index (κ1) is 17.9. The molecule has 0 bridgehead atoms. The van der Waals surface area contributed by atoms with Gasteiger partial charge in [-0.25, -0.2) is 9.18 Å². The first-order valence-corrected chi connectivity index (χ1v) is 8.62. The van der Waals surface area contributed by atoms with Crippen molar-refractivity contribution in [3.8, 4) is 0 Å². The van der Waals surface area contributed by atoms with Gasteiger partial charge in [0.25, 0.3) is 0 Å². The number of thioether (sulfide) groups is 1. The first-order chi connectivity index (χ1) is 10.8. The third kappa shape index (κ3) is 4.11. The normalized spacial score (nSPS) is 17.5. The molecule has 23 heavy (non-hydrogen) atoms. The largest absolute Gasteiger partial charge is 0.465 e. The quantitative estimate of drug-likeness (QED) is 0.722. The molecule has 2 rings (SSSR count). The maximum absolute atomic E-state index is 14.6. The molecule has 1 aromatic rings. The zero-order valence-corrected chi connectivity index (χ0v) is 15.0. The van der Waals surface area contributed by atoms with E-state index in [0.717, 1.165) is 11.8 Å². The second-order valence-corrected chi connectivity index (χ2v) is 7.27. The highest BCUT2D eigenvalue weighted by Crippen LogP contribution is 2.33. The lowest BCUT2D eigenvalue weighted by Gasteiger charge is -2.19. The van der Waals surface area contributed by atoms with Gasteiger partial charge in [0, 0.05) is 30.1 Å². The fourth-order valence-electron chi connectivity index (χ4n) is 2.39. The lowest BCUT2D eigenvalue weighted by atomic mass is 10.1. The molecule has 0 spiro atoms. The van der Waals surface area contributed by atoms with E-state index in [9.17, 15) is 18.8 Å². The van der Waals surface area contributed by atoms with Crippen LogP contribution in [0.15, 0.2) is 16.6 Å². The Morgan fingerprint density at radius 2 is 2.17 bits per heavy atom. The van der Waals surface area contributed by atoms with E-state index in [2.05, 4.69) is 20.7 Å².